The number of aromatic hydroxyl groups is 1. The van der Waals surface area contributed by atoms with Crippen LogP contribution in [0, 0.1) is 0 Å². The van der Waals surface area contributed by atoms with E-state index in [0.717, 1.165) is 27.8 Å². The zero-order valence-electron chi connectivity index (χ0n) is 21.6. The van der Waals surface area contributed by atoms with Crippen molar-refractivity contribution in [2.75, 3.05) is 4.31 Å². The summed E-state index contributed by atoms with van der Waals surface area (Å²) in [5.74, 6) is -0.250. The number of nitrogens with zero attached hydrogens (tertiary/aromatic N) is 1. The summed E-state index contributed by atoms with van der Waals surface area (Å²) in [7, 11) is -4.06. The van der Waals surface area contributed by atoms with Crippen molar-refractivity contribution < 1.29 is 13.5 Å². The van der Waals surface area contributed by atoms with Crippen molar-refractivity contribution in [3.05, 3.63) is 115 Å². The number of fused-ring (bicyclic) bond motifs is 5. The van der Waals surface area contributed by atoms with Gasteiger partial charge in [-0.3, -0.25) is 4.31 Å². The standard InChI is InChI=1S/C33H25NO3S3/c1-2-26-24-11-4-3-10-23(24)25-20-21(18-19-27(25)34(26)40(36,37)32-17-8-5-13-28(32)35)22-12-9-16-31-33(22)39-30-15-7-6-14-29(30)38-31/h3-20,26,35H,2H2,1H3. The zero-order valence-corrected chi connectivity index (χ0v) is 24.1. The van der Waals surface area contributed by atoms with Crippen molar-refractivity contribution in [3.63, 3.8) is 0 Å². The maximum atomic E-state index is 14.2. The SMILES string of the molecule is CCC1c2ccccc2-c2cc(-c3cccc4c3Sc3ccccc3S4)ccc2N1S(=O)(=O)c1ccccc1O. The number of rotatable bonds is 4. The molecule has 1 atom stereocenters. The van der Waals surface area contributed by atoms with Crippen LogP contribution in [0.15, 0.2) is 134 Å². The topological polar surface area (TPSA) is 57.6 Å². The largest absolute Gasteiger partial charge is 0.507 e. The number of phenolic OH excluding ortho intramolecular Hbond substituents is 1. The van der Waals surface area contributed by atoms with Crippen molar-refractivity contribution in [2.45, 2.75) is 43.9 Å². The number of hydrogen-bond donors (Lipinski definition) is 1. The molecule has 1 N–H and O–H groups in total. The lowest BCUT2D eigenvalue weighted by Gasteiger charge is -2.39. The van der Waals surface area contributed by atoms with Crippen molar-refractivity contribution in [1.29, 1.82) is 0 Å². The fraction of sp³-hybridized carbons (Fsp3) is 0.0909. The van der Waals surface area contributed by atoms with E-state index >= 15 is 0 Å². The Hall–Kier alpha value is -3.65. The van der Waals surface area contributed by atoms with E-state index in [1.807, 2.05) is 37.3 Å². The molecule has 0 bridgehead atoms. The Morgan fingerprint density at radius 3 is 2.20 bits per heavy atom. The first-order chi connectivity index (χ1) is 19.5. The minimum Gasteiger partial charge on any atom is -0.507 e. The van der Waals surface area contributed by atoms with Crippen LogP contribution >= 0.6 is 23.5 Å². The van der Waals surface area contributed by atoms with E-state index in [4.69, 9.17) is 0 Å². The van der Waals surface area contributed by atoms with E-state index in [1.54, 1.807) is 35.7 Å². The van der Waals surface area contributed by atoms with Gasteiger partial charge in [-0.15, -0.1) is 0 Å². The van der Waals surface area contributed by atoms with Crippen LogP contribution in [0.2, 0.25) is 0 Å². The molecule has 0 fully saturated rings. The molecule has 0 radical (unpaired) electrons. The molecule has 0 spiro atoms. The zero-order chi connectivity index (χ0) is 27.4. The summed E-state index contributed by atoms with van der Waals surface area (Å²) in [5.41, 5.74) is 5.64. The van der Waals surface area contributed by atoms with Crippen molar-refractivity contribution >= 4 is 39.2 Å². The lowest BCUT2D eigenvalue weighted by atomic mass is 9.87. The van der Waals surface area contributed by atoms with Crippen LogP contribution in [0.5, 0.6) is 5.75 Å². The van der Waals surface area contributed by atoms with Crippen LogP contribution in [0.1, 0.15) is 24.9 Å². The maximum absolute atomic E-state index is 14.2. The molecule has 40 heavy (non-hydrogen) atoms. The van der Waals surface area contributed by atoms with Crippen molar-refractivity contribution in [2.24, 2.45) is 0 Å². The second-order valence-corrected chi connectivity index (χ2v) is 13.7. The maximum Gasteiger partial charge on any atom is 0.268 e. The van der Waals surface area contributed by atoms with Gasteiger partial charge in [-0.2, -0.15) is 0 Å². The van der Waals surface area contributed by atoms with Crippen molar-refractivity contribution in [1.82, 2.24) is 0 Å². The number of hydrogen-bond acceptors (Lipinski definition) is 5. The third kappa shape index (κ3) is 3.95. The molecule has 0 saturated carbocycles. The van der Waals surface area contributed by atoms with Crippen molar-refractivity contribution in [3.8, 4) is 28.0 Å². The van der Waals surface area contributed by atoms with Crippen LogP contribution in [0.3, 0.4) is 0 Å². The summed E-state index contributed by atoms with van der Waals surface area (Å²) < 4.78 is 29.9. The van der Waals surface area contributed by atoms with E-state index < -0.39 is 16.1 Å². The smallest absolute Gasteiger partial charge is 0.268 e. The number of phenols is 1. The highest BCUT2D eigenvalue weighted by atomic mass is 32.2. The van der Waals surface area contributed by atoms with Crippen LogP contribution in [0.25, 0.3) is 22.3 Å². The molecule has 4 nitrogen and oxygen atoms in total. The predicted octanol–water partition coefficient (Wildman–Crippen LogP) is 9.00. The summed E-state index contributed by atoms with van der Waals surface area (Å²) in [6.07, 6.45) is 0.588. The highest BCUT2D eigenvalue weighted by molar-refractivity contribution is 8.05. The number of anilines is 1. The van der Waals surface area contributed by atoms with Gasteiger partial charge in [0.15, 0.2) is 0 Å². The minimum absolute atomic E-state index is 0.0907. The van der Waals surface area contributed by atoms with Crippen LogP contribution in [0.4, 0.5) is 5.69 Å². The molecule has 1 unspecified atom stereocenters. The molecule has 5 aromatic rings. The number of sulfonamides is 1. The summed E-state index contributed by atoms with van der Waals surface area (Å²) >= 11 is 3.56. The van der Waals surface area contributed by atoms with Crippen LogP contribution < -0.4 is 4.31 Å². The first-order valence-corrected chi connectivity index (χ1v) is 16.2. The van der Waals surface area contributed by atoms with Gasteiger partial charge in [-0.1, -0.05) is 97.2 Å². The molecule has 2 aliphatic rings. The van der Waals surface area contributed by atoms with Crippen LogP contribution in [-0.4, -0.2) is 13.5 Å². The molecule has 0 saturated heterocycles. The van der Waals surface area contributed by atoms with Crippen LogP contribution in [-0.2, 0) is 10.0 Å². The second kappa shape index (κ2) is 9.77. The lowest BCUT2D eigenvalue weighted by Crippen LogP contribution is -2.37. The summed E-state index contributed by atoms with van der Waals surface area (Å²) in [6.45, 7) is 2.00. The van der Waals surface area contributed by atoms with E-state index in [0.29, 0.717) is 12.1 Å². The molecular formula is C33H25NO3S3. The van der Waals surface area contributed by atoms with E-state index in [1.165, 1.54) is 36.0 Å². The average molecular weight is 580 g/mol. The fourth-order valence-electron chi connectivity index (χ4n) is 5.68. The molecule has 5 aromatic carbocycles. The summed E-state index contributed by atoms with van der Waals surface area (Å²) in [4.78, 5) is 4.83. The number of para-hydroxylation sites is 1. The monoisotopic (exact) mass is 579 g/mol. The van der Waals surface area contributed by atoms with Gasteiger partial charge in [-0.25, -0.2) is 8.42 Å². The van der Waals surface area contributed by atoms with Gasteiger partial charge in [0.25, 0.3) is 10.0 Å². The first-order valence-electron chi connectivity index (χ1n) is 13.1. The van der Waals surface area contributed by atoms with Gasteiger partial charge in [-0.05, 0) is 71.1 Å². The Kier molecular flexibility index (Phi) is 6.18. The quantitative estimate of drug-likeness (QED) is 0.226. The summed E-state index contributed by atoms with van der Waals surface area (Å²) in [5, 5.41) is 10.5. The molecular weight excluding hydrogens is 555 g/mol. The van der Waals surface area contributed by atoms with E-state index in [9.17, 15) is 13.5 Å². The molecule has 2 heterocycles. The second-order valence-electron chi connectivity index (χ2n) is 9.80. The summed E-state index contributed by atoms with van der Waals surface area (Å²) in [6, 6.07) is 34.7. The Balaban J connectivity index is 1.42. The Bertz CT molecular complexity index is 1900. The highest BCUT2D eigenvalue weighted by Gasteiger charge is 2.39. The molecule has 0 aromatic heterocycles. The molecule has 0 aliphatic carbocycles. The average Bonchev–Trinajstić information content (AvgIpc) is 2.98. The molecule has 2 aliphatic heterocycles. The fourth-order valence-corrected chi connectivity index (χ4v) is 9.89. The Labute approximate surface area is 242 Å². The molecule has 0 amide bonds. The number of benzene rings is 5. The minimum atomic E-state index is -4.06. The third-order valence-corrected chi connectivity index (χ3v) is 12.0. The normalized spacial score (nSPS) is 15.5. The van der Waals surface area contributed by atoms with Gasteiger partial charge in [0.1, 0.15) is 10.6 Å². The third-order valence-electron chi connectivity index (χ3n) is 7.49. The molecule has 7 heteroatoms. The van der Waals surface area contributed by atoms with Gasteiger partial charge >= 0.3 is 0 Å². The van der Waals surface area contributed by atoms with Gasteiger partial charge < -0.3 is 5.11 Å². The van der Waals surface area contributed by atoms with E-state index in [2.05, 4.69) is 54.6 Å². The van der Waals surface area contributed by atoms with Gasteiger partial charge in [0.2, 0.25) is 0 Å². The molecule has 198 valence electrons. The lowest BCUT2D eigenvalue weighted by molar-refractivity contribution is 0.458. The predicted molar refractivity (Wildman–Crippen MR) is 163 cm³/mol. The Morgan fingerprint density at radius 2 is 1.40 bits per heavy atom. The van der Waals surface area contributed by atoms with Gasteiger partial charge in [0.05, 0.1) is 11.7 Å². The van der Waals surface area contributed by atoms with Gasteiger partial charge in [0, 0.05) is 25.1 Å². The van der Waals surface area contributed by atoms with E-state index in [-0.39, 0.29) is 10.6 Å². The first kappa shape index (κ1) is 25.3. The molecule has 7 rings (SSSR count). The highest BCUT2D eigenvalue weighted by Crippen LogP contribution is 2.54. The Morgan fingerprint density at radius 1 is 0.725 bits per heavy atom.